The van der Waals surface area contributed by atoms with E-state index in [0.717, 1.165) is 19.6 Å². The van der Waals surface area contributed by atoms with Crippen LogP contribution in [0.2, 0.25) is 0 Å². The van der Waals surface area contributed by atoms with E-state index in [-0.39, 0.29) is 0 Å². The van der Waals surface area contributed by atoms with E-state index < -0.39 is 0 Å². The molecule has 1 atom stereocenters. The van der Waals surface area contributed by atoms with E-state index in [2.05, 4.69) is 53.2 Å². The molecule has 118 valence electrons. The molecule has 3 heterocycles. The predicted octanol–water partition coefficient (Wildman–Crippen LogP) is 3.08. The second-order valence-corrected chi connectivity index (χ2v) is 6.84. The summed E-state index contributed by atoms with van der Waals surface area (Å²) in [6.45, 7) is 12.2. The molecule has 0 aromatic carbocycles. The average Bonchev–Trinajstić information content (AvgIpc) is 2.80. The highest BCUT2D eigenvalue weighted by Gasteiger charge is 2.35. The van der Waals surface area contributed by atoms with Crippen LogP contribution in [0.1, 0.15) is 43.8 Å². The molecule has 0 radical (unpaired) electrons. The Labute approximate surface area is 133 Å². The summed E-state index contributed by atoms with van der Waals surface area (Å²) in [5.74, 6) is 2.50. The van der Waals surface area contributed by atoms with Crippen molar-refractivity contribution in [3.63, 3.8) is 0 Å². The van der Waals surface area contributed by atoms with Gasteiger partial charge in [-0.25, -0.2) is 4.98 Å². The molecule has 0 spiro atoms. The van der Waals surface area contributed by atoms with Crippen LogP contribution in [0.5, 0.6) is 0 Å². The van der Waals surface area contributed by atoms with E-state index in [0.29, 0.717) is 17.9 Å². The Balaban J connectivity index is 1.71. The number of hydrogen-bond donors (Lipinski definition) is 0. The number of nitrogens with zero attached hydrogens (tertiary/aromatic N) is 4. The monoisotopic (exact) mass is 298 g/mol. The van der Waals surface area contributed by atoms with Crippen LogP contribution in [-0.2, 0) is 6.54 Å². The van der Waals surface area contributed by atoms with Gasteiger partial charge in [-0.1, -0.05) is 19.9 Å². The summed E-state index contributed by atoms with van der Waals surface area (Å²) in [7, 11) is 0. The fourth-order valence-electron chi connectivity index (χ4n) is 3.12. The quantitative estimate of drug-likeness (QED) is 0.850. The molecule has 0 N–H and O–H groups in total. The maximum atomic E-state index is 4.69. The first-order chi connectivity index (χ1) is 10.6. The molecule has 0 bridgehead atoms. The molecule has 0 amide bonds. The zero-order valence-electron chi connectivity index (χ0n) is 14.0. The normalized spacial score (nSPS) is 17.7. The first-order valence-corrected chi connectivity index (χ1v) is 8.21. The Morgan fingerprint density at radius 3 is 2.64 bits per heavy atom. The zero-order chi connectivity index (χ0) is 15.7. The molecule has 1 fully saturated rings. The fourth-order valence-corrected chi connectivity index (χ4v) is 3.12. The van der Waals surface area contributed by atoms with Crippen LogP contribution in [0, 0.1) is 12.8 Å². The van der Waals surface area contributed by atoms with Crippen molar-refractivity contribution in [2.24, 2.45) is 5.92 Å². The molecule has 2 aromatic heterocycles. The lowest BCUT2D eigenvalue weighted by Gasteiger charge is -2.44. The smallest absolute Gasteiger partial charge is 0.114 e. The lowest BCUT2D eigenvalue weighted by Crippen LogP contribution is -2.52. The van der Waals surface area contributed by atoms with Crippen LogP contribution >= 0.6 is 0 Å². The number of rotatable bonds is 5. The number of aromatic nitrogens is 3. The molecule has 0 saturated carbocycles. The molecule has 4 heteroatoms. The fraction of sp³-hybridized carbons (Fsp3) is 0.556. The Morgan fingerprint density at radius 1 is 1.23 bits per heavy atom. The molecule has 1 aliphatic heterocycles. The molecule has 1 aliphatic rings. The van der Waals surface area contributed by atoms with Gasteiger partial charge in [0.15, 0.2) is 0 Å². The second-order valence-electron chi connectivity index (χ2n) is 6.84. The summed E-state index contributed by atoms with van der Waals surface area (Å²) in [6, 6.07) is 4.78. The van der Waals surface area contributed by atoms with Crippen molar-refractivity contribution in [1.29, 1.82) is 0 Å². The topological polar surface area (TPSA) is 34.0 Å². The standard InChI is InChI=1S/C18H26N4/c1-13(2)15(4)21-11-17(12-21)18-20-8-14(3)22(18)10-16-6-5-7-19-9-16/h5-9,13,15,17H,10-12H2,1-4H3. The van der Waals surface area contributed by atoms with Gasteiger partial charge in [0.2, 0.25) is 0 Å². The highest BCUT2D eigenvalue weighted by atomic mass is 15.2. The lowest BCUT2D eigenvalue weighted by molar-refractivity contribution is 0.0709. The van der Waals surface area contributed by atoms with E-state index >= 15 is 0 Å². The number of pyridine rings is 1. The van der Waals surface area contributed by atoms with E-state index in [9.17, 15) is 0 Å². The van der Waals surface area contributed by atoms with Crippen molar-refractivity contribution < 1.29 is 0 Å². The summed E-state index contributed by atoms with van der Waals surface area (Å²) < 4.78 is 2.35. The van der Waals surface area contributed by atoms with Gasteiger partial charge in [0.1, 0.15) is 5.82 Å². The second kappa shape index (κ2) is 6.21. The van der Waals surface area contributed by atoms with Gasteiger partial charge >= 0.3 is 0 Å². The van der Waals surface area contributed by atoms with Crippen LogP contribution in [0.4, 0.5) is 0 Å². The van der Waals surface area contributed by atoms with Crippen molar-refractivity contribution in [2.45, 2.75) is 46.2 Å². The number of imidazole rings is 1. The zero-order valence-corrected chi connectivity index (χ0v) is 14.0. The van der Waals surface area contributed by atoms with Gasteiger partial charge in [-0.05, 0) is 31.4 Å². The Kier molecular flexibility index (Phi) is 4.30. The molecule has 2 aromatic rings. The Morgan fingerprint density at radius 2 is 2.00 bits per heavy atom. The first-order valence-electron chi connectivity index (χ1n) is 8.21. The average molecular weight is 298 g/mol. The van der Waals surface area contributed by atoms with Crippen molar-refractivity contribution in [3.05, 3.63) is 47.8 Å². The van der Waals surface area contributed by atoms with Gasteiger partial charge in [-0.2, -0.15) is 0 Å². The first kappa shape index (κ1) is 15.2. The molecule has 22 heavy (non-hydrogen) atoms. The van der Waals surface area contributed by atoms with Gasteiger partial charge in [0.05, 0.1) is 6.54 Å². The molecule has 1 saturated heterocycles. The summed E-state index contributed by atoms with van der Waals surface area (Å²) in [4.78, 5) is 11.5. The SMILES string of the molecule is Cc1cnc(C2CN(C(C)C(C)C)C2)n1Cc1cccnc1. The summed E-state index contributed by atoms with van der Waals surface area (Å²) in [5, 5.41) is 0. The third kappa shape index (κ3) is 2.93. The van der Waals surface area contributed by atoms with Gasteiger partial charge < -0.3 is 4.57 Å². The van der Waals surface area contributed by atoms with Gasteiger partial charge in [-0.15, -0.1) is 0 Å². The largest absolute Gasteiger partial charge is 0.328 e. The molecule has 3 rings (SSSR count). The van der Waals surface area contributed by atoms with Gasteiger partial charge in [0, 0.05) is 49.3 Å². The number of likely N-dealkylation sites (tertiary alicyclic amines) is 1. The van der Waals surface area contributed by atoms with Crippen molar-refractivity contribution in [2.75, 3.05) is 13.1 Å². The number of hydrogen-bond acceptors (Lipinski definition) is 3. The van der Waals surface area contributed by atoms with Crippen LogP contribution < -0.4 is 0 Å². The lowest BCUT2D eigenvalue weighted by atomic mass is 9.93. The third-order valence-electron chi connectivity index (χ3n) is 4.97. The van der Waals surface area contributed by atoms with Crippen molar-refractivity contribution in [3.8, 4) is 0 Å². The minimum Gasteiger partial charge on any atom is -0.328 e. The molecule has 0 aliphatic carbocycles. The Bertz CT molecular complexity index is 611. The summed E-state index contributed by atoms with van der Waals surface area (Å²) in [5.41, 5.74) is 2.46. The molecule has 1 unspecified atom stereocenters. The minimum atomic E-state index is 0.562. The Hall–Kier alpha value is -1.68. The van der Waals surface area contributed by atoms with E-state index in [1.54, 1.807) is 0 Å². The highest BCUT2D eigenvalue weighted by Crippen LogP contribution is 2.30. The maximum absolute atomic E-state index is 4.69. The summed E-state index contributed by atoms with van der Waals surface area (Å²) >= 11 is 0. The van der Waals surface area contributed by atoms with Crippen molar-refractivity contribution in [1.82, 2.24) is 19.4 Å². The molecular formula is C18H26N4. The van der Waals surface area contributed by atoms with E-state index in [1.165, 1.54) is 17.1 Å². The minimum absolute atomic E-state index is 0.562. The maximum Gasteiger partial charge on any atom is 0.114 e. The highest BCUT2D eigenvalue weighted by molar-refractivity contribution is 5.17. The number of aryl methyl sites for hydroxylation is 1. The van der Waals surface area contributed by atoms with Crippen LogP contribution in [0.15, 0.2) is 30.7 Å². The predicted molar refractivity (Wildman–Crippen MR) is 88.9 cm³/mol. The van der Waals surface area contributed by atoms with Crippen molar-refractivity contribution >= 4 is 0 Å². The summed E-state index contributed by atoms with van der Waals surface area (Å²) in [6.07, 6.45) is 5.76. The van der Waals surface area contributed by atoms with Crippen LogP contribution in [0.25, 0.3) is 0 Å². The van der Waals surface area contributed by atoms with E-state index in [1.807, 2.05) is 24.7 Å². The molecule has 4 nitrogen and oxygen atoms in total. The van der Waals surface area contributed by atoms with Gasteiger partial charge in [0.25, 0.3) is 0 Å². The van der Waals surface area contributed by atoms with Crippen LogP contribution in [-0.4, -0.2) is 38.6 Å². The van der Waals surface area contributed by atoms with Gasteiger partial charge in [-0.3, -0.25) is 9.88 Å². The van der Waals surface area contributed by atoms with E-state index in [4.69, 9.17) is 0 Å². The molecular weight excluding hydrogens is 272 g/mol. The van der Waals surface area contributed by atoms with Crippen LogP contribution in [0.3, 0.4) is 0 Å². The third-order valence-corrected chi connectivity index (χ3v) is 4.97.